The van der Waals surface area contributed by atoms with Crippen LogP contribution in [0.1, 0.15) is 6.92 Å². The molecule has 0 spiro atoms. The molecule has 1 aromatic heterocycles. The molecule has 0 aliphatic carbocycles. The third-order valence-corrected chi connectivity index (χ3v) is 3.16. The van der Waals surface area contributed by atoms with E-state index in [1.807, 2.05) is 12.1 Å². The van der Waals surface area contributed by atoms with Gasteiger partial charge in [0, 0.05) is 37.1 Å². The Labute approximate surface area is 99.2 Å². The highest BCUT2D eigenvalue weighted by molar-refractivity contribution is 5.81. The zero-order chi connectivity index (χ0) is 11.8. The number of rotatable bonds is 1. The molecular weight excluding hydrogens is 219 g/mol. The van der Waals surface area contributed by atoms with Crippen molar-refractivity contribution < 1.29 is 8.81 Å². The third-order valence-electron chi connectivity index (χ3n) is 3.16. The van der Waals surface area contributed by atoms with E-state index in [0.717, 1.165) is 30.9 Å². The number of furan rings is 1. The zero-order valence-electron chi connectivity index (χ0n) is 9.74. The van der Waals surface area contributed by atoms with Gasteiger partial charge >= 0.3 is 0 Å². The van der Waals surface area contributed by atoms with E-state index in [0.29, 0.717) is 11.6 Å². The van der Waals surface area contributed by atoms with E-state index in [4.69, 9.17) is 4.42 Å². The quantitative estimate of drug-likeness (QED) is 0.821. The van der Waals surface area contributed by atoms with E-state index >= 15 is 0 Å². The lowest BCUT2D eigenvalue weighted by Crippen LogP contribution is -2.49. The first-order valence-electron chi connectivity index (χ1n) is 5.90. The van der Waals surface area contributed by atoms with Gasteiger partial charge in [0.25, 0.3) is 0 Å². The molecule has 1 saturated heterocycles. The second-order valence-corrected chi connectivity index (χ2v) is 4.54. The summed E-state index contributed by atoms with van der Waals surface area (Å²) >= 11 is 0. The van der Waals surface area contributed by atoms with Crippen LogP contribution in [0.2, 0.25) is 0 Å². The molecule has 0 radical (unpaired) electrons. The van der Waals surface area contributed by atoms with Crippen LogP contribution in [-0.4, -0.2) is 25.7 Å². The van der Waals surface area contributed by atoms with Crippen molar-refractivity contribution >= 4 is 16.9 Å². The summed E-state index contributed by atoms with van der Waals surface area (Å²) in [5.41, 5.74) is 0.355. The highest BCUT2D eigenvalue weighted by Gasteiger charge is 2.19. The smallest absolute Gasteiger partial charge is 0.197 e. The first-order chi connectivity index (χ1) is 8.24. The van der Waals surface area contributed by atoms with Crippen LogP contribution in [0, 0.1) is 5.82 Å². The predicted octanol–water partition coefficient (Wildman–Crippen LogP) is 2.37. The number of halogens is 1. The number of para-hydroxylation sites is 1. The number of nitrogens with zero attached hydrogens (tertiary/aromatic N) is 1. The van der Waals surface area contributed by atoms with Gasteiger partial charge in [0.1, 0.15) is 0 Å². The lowest BCUT2D eigenvalue weighted by Gasteiger charge is -2.31. The normalized spacial score (nSPS) is 21.1. The van der Waals surface area contributed by atoms with Crippen LogP contribution in [0.5, 0.6) is 0 Å². The van der Waals surface area contributed by atoms with E-state index < -0.39 is 0 Å². The zero-order valence-corrected chi connectivity index (χ0v) is 9.74. The fraction of sp³-hybridized carbons (Fsp3) is 0.385. The first kappa shape index (κ1) is 10.6. The maximum Gasteiger partial charge on any atom is 0.197 e. The lowest BCUT2D eigenvalue weighted by atomic mass is 10.2. The summed E-state index contributed by atoms with van der Waals surface area (Å²) < 4.78 is 19.1. The largest absolute Gasteiger partial charge is 0.437 e. The average Bonchev–Trinajstić information content (AvgIpc) is 2.74. The molecule has 1 aromatic carbocycles. The van der Waals surface area contributed by atoms with E-state index in [2.05, 4.69) is 17.1 Å². The van der Waals surface area contributed by atoms with Gasteiger partial charge in [-0.2, -0.15) is 0 Å². The van der Waals surface area contributed by atoms with Crippen molar-refractivity contribution in [2.75, 3.05) is 24.5 Å². The van der Waals surface area contributed by atoms with Crippen molar-refractivity contribution in [3.05, 3.63) is 30.1 Å². The van der Waals surface area contributed by atoms with Gasteiger partial charge in [0.15, 0.2) is 17.3 Å². The number of anilines is 1. The van der Waals surface area contributed by atoms with Crippen molar-refractivity contribution in [3.8, 4) is 0 Å². The monoisotopic (exact) mass is 234 g/mol. The minimum absolute atomic E-state index is 0.295. The molecule has 4 heteroatoms. The van der Waals surface area contributed by atoms with Gasteiger partial charge in [-0.15, -0.1) is 0 Å². The van der Waals surface area contributed by atoms with Crippen LogP contribution in [0.25, 0.3) is 11.0 Å². The summed E-state index contributed by atoms with van der Waals surface area (Å²) in [6.45, 7) is 4.85. The van der Waals surface area contributed by atoms with Crippen LogP contribution in [-0.2, 0) is 0 Å². The topological polar surface area (TPSA) is 28.4 Å². The molecule has 17 heavy (non-hydrogen) atoms. The van der Waals surface area contributed by atoms with Crippen LogP contribution in [0.4, 0.5) is 10.3 Å². The van der Waals surface area contributed by atoms with Crippen LogP contribution >= 0.6 is 0 Å². The van der Waals surface area contributed by atoms with E-state index in [-0.39, 0.29) is 5.82 Å². The summed E-state index contributed by atoms with van der Waals surface area (Å²) in [6.07, 6.45) is 0. The van der Waals surface area contributed by atoms with E-state index in [1.54, 1.807) is 6.07 Å². The maximum atomic E-state index is 13.5. The van der Waals surface area contributed by atoms with Gasteiger partial charge in [-0.1, -0.05) is 12.1 Å². The maximum absolute atomic E-state index is 13.5. The van der Waals surface area contributed by atoms with Crippen molar-refractivity contribution in [1.29, 1.82) is 0 Å². The molecule has 1 aliphatic rings. The number of fused-ring (bicyclic) bond motifs is 1. The van der Waals surface area contributed by atoms with Crippen LogP contribution < -0.4 is 10.2 Å². The summed E-state index contributed by atoms with van der Waals surface area (Å²) in [5.74, 6) is 0.468. The van der Waals surface area contributed by atoms with Crippen LogP contribution in [0.3, 0.4) is 0 Å². The Kier molecular flexibility index (Phi) is 2.52. The highest BCUT2D eigenvalue weighted by atomic mass is 19.1. The van der Waals surface area contributed by atoms with Crippen LogP contribution in [0.15, 0.2) is 28.7 Å². The molecule has 3 rings (SSSR count). The second-order valence-electron chi connectivity index (χ2n) is 4.54. The van der Waals surface area contributed by atoms with E-state index in [9.17, 15) is 4.39 Å². The van der Waals surface area contributed by atoms with Gasteiger partial charge < -0.3 is 14.6 Å². The van der Waals surface area contributed by atoms with Crippen molar-refractivity contribution in [2.24, 2.45) is 0 Å². The molecule has 1 unspecified atom stereocenters. The Bertz CT molecular complexity index is 537. The minimum atomic E-state index is -0.295. The molecule has 1 aliphatic heterocycles. The fourth-order valence-corrected chi connectivity index (χ4v) is 2.30. The summed E-state index contributed by atoms with van der Waals surface area (Å²) in [5, 5.41) is 4.19. The molecule has 1 fully saturated rings. The number of hydrogen-bond acceptors (Lipinski definition) is 3. The molecule has 2 aromatic rings. The van der Waals surface area contributed by atoms with Gasteiger partial charge in [0.05, 0.1) is 0 Å². The number of piperazine rings is 1. The Balaban J connectivity index is 1.97. The highest BCUT2D eigenvalue weighted by Crippen LogP contribution is 2.28. The lowest BCUT2D eigenvalue weighted by molar-refractivity contribution is 0.455. The number of benzene rings is 1. The summed E-state index contributed by atoms with van der Waals surface area (Å²) in [6, 6.07) is 7.35. The third kappa shape index (κ3) is 1.89. The summed E-state index contributed by atoms with van der Waals surface area (Å²) in [7, 11) is 0. The molecular formula is C13H15FN2O. The van der Waals surface area contributed by atoms with Gasteiger partial charge in [-0.3, -0.25) is 0 Å². The first-order valence-corrected chi connectivity index (χ1v) is 5.90. The van der Waals surface area contributed by atoms with Crippen molar-refractivity contribution in [1.82, 2.24) is 5.32 Å². The molecule has 3 nitrogen and oxygen atoms in total. The second kappa shape index (κ2) is 4.04. The molecule has 0 saturated carbocycles. The molecule has 1 atom stereocenters. The molecule has 1 N–H and O–H groups in total. The molecule has 0 amide bonds. The Morgan fingerprint density at radius 2 is 2.35 bits per heavy atom. The van der Waals surface area contributed by atoms with E-state index in [1.165, 1.54) is 6.07 Å². The Hall–Kier alpha value is -1.55. The minimum Gasteiger partial charge on any atom is -0.437 e. The summed E-state index contributed by atoms with van der Waals surface area (Å²) in [4.78, 5) is 2.15. The Morgan fingerprint density at radius 3 is 3.12 bits per heavy atom. The fourth-order valence-electron chi connectivity index (χ4n) is 2.30. The molecule has 2 heterocycles. The SMILES string of the molecule is CC1CN(c2cc3cccc(F)c3o2)CCN1. The molecule has 0 bridgehead atoms. The number of hydrogen-bond donors (Lipinski definition) is 1. The standard InChI is InChI=1S/C13H15FN2O/c1-9-8-16(6-5-15-9)12-7-10-3-2-4-11(14)13(10)17-12/h2-4,7,9,15H,5-6,8H2,1H3. The van der Waals surface area contributed by atoms with Gasteiger partial charge in [-0.05, 0) is 13.0 Å². The predicted molar refractivity (Wildman–Crippen MR) is 65.8 cm³/mol. The number of nitrogens with one attached hydrogen (secondary N) is 1. The van der Waals surface area contributed by atoms with Crippen molar-refractivity contribution in [2.45, 2.75) is 13.0 Å². The molecule has 90 valence electrons. The average molecular weight is 234 g/mol. The van der Waals surface area contributed by atoms with Crippen molar-refractivity contribution in [3.63, 3.8) is 0 Å². The van der Waals surface area contributed by atoms with Gasteiger partial charge in [-0.25, -0.2) is 4.39 Å². The Morgan fingerprint density at radius 1 is 1.47 bits per heavy atom. The van der Waals surface area contributed by atoms with Gasteiger partial charge in [0.2, 0.25) is 0 Å².